The number of carbonyl (C=O) groups is 1. The number of carboxylic acids is 1. The van der Waals surface area contributed by atoms with Gasteiger partial charge in [-0.15, -0.1) is 11.3 Å². The number of pyridine rings is 1. The van der Waals surface area contributed by atoms with E-state index in [9.17, 15) is 4.79 Å². The van der Waals surface area contributed by atoms with Crippen LogP contribution in [0, 0.1) is 0 Å². The van der Waals surface area contributed by atoms with Crippen LogP contribution < -0.4 is 10.1 Å². The third-order valence-corrected chi connectivity index (χ3v) is 3.58. The number of carboxylic acid groups (broad SMARTS) is 1. The Labute approximate surface area is 114 Å². The minimum Gasteiger partial charge on any atom is -0.481 e. The van der Waals surface area contributed by atoms with E-state index in [4.69, 9.17) is 9.84 Å². The van der Waals surface area contributed by atoms with Crippen LogP contribution in [0.2, 0.25) is 0 Å². The summed E-state index contributed by atoms with van der Waals surface area (Å²) in [6.07, 6.45) is 1.75. The molecule has 6 heteroatoms. The van der Waals surface area contributed by atoms with Crippen molar-refractivity contribution in [2.24, 2.45) is 0 Å². The lowest BCUT2D eigenvalue weighted by Crippen LogP contribution is -2.11. The molecule has 100 valence electrons. The number of hydrogen-bond acceptors (Lipinski definition) is 5. The number of methoxy groups -OCH3 is 1. The summed E-state index contributed by atoms with van der Waals surface area (Å²) in [5.74, 6) is -0.288. The van der Waals surface area contributed by atoms with Gasteiger partial charge in [-0.2, -0.15) is 0 Å². The van der Waals surface area contributed by atoms with Crippen LogP contribution >= 0.6 is 11.3 Å². The molecular formula is C13H14N2O3S. The molecule has 0 spiro atoms. The van der Waals surface area contributed by atoms with Gasteiger partial charge in [0.15, 0.2) is 0 Å². The Bertz CT molecular complexity index is 551. The average Bonchev–Trinajstić information content (AvgIpc) is 2.89. The maximum atomic E-state index is 10.7. The normalized spacial score (nSPS) is 10.4. The second-order valence-corrected chi connectivity index (χ2v) is 5.05. The predicted octanol–water partition coefficient (Wildman–Crippen LogP) is 2.14. The Balaban J connectivity index is 1.83. The Morgan fingerprint density at radius 3 is 2.79 bits per heavy atom. The van der Waals surface area contributed by atoms with E-state index in [1.54, 1.807) is 19.4 Å². The molecule has 0 radical (unpaired) electrons. The second kappa shape index (κ2) is 6.31. The monoisotopic (exact) mass is 278 g/mol. The molecule has 0 aliphatic carbocycles. The number of rotatable bonds is 6. The first-order chi connectivity index (χ1) is 9.19. The van der Waals surface area contributed by atoms with Crippen molar-refractivity contribution >= 4 is 17.3 Å². The Morgan fingerprint density at radius 1 is 1.37 bits per heavy atom. The quantitative estimate of drug-likeness (QED) is 0.847. The largest absolute Gasteiger partial charge is 0.481 e. The standard InChI is InChI=1S/C13H14N2O3S/c1-18-12-5-2-9(7-15-12)6-14-8-10-3-4-11(19-10)13(16)17/h2-5,7,14H,6,8H2,1H3,(H,16,17). The molecule has 0 saturated carbocycles. The van der Waals surface area contributed by atoms with E-state index in [2.05, 4.69) is 10.3 Å². The summed E-state index contributed by atoms with van der Waals surface area (Å²) >= 11 is 1.28. The zero-order valence-electron chi connectivity index (χ0n) is 10.4. The molecule has 0 aliphatic rings. The highest BCUT2D eigenvalue weighted by molar-refractivity contribution is 7.13. The summed E-state index contributed by atoms with van der Waals surface area (Å²) in [7, 11) is 1.58. The molecule has 0 atom stereocenters. The first-order valence-electron chi connectivity index (χ1n) is 5.70. The van der Waals surface area contributed by atoms with Crippen LogP contribution in [-0.4, -0.2) is 23.2 Å². The highest BCUT2D eigenvalue weighted by Crippen LogP contribution is 2.16. The number of nitrogens with one attached hydrogen (secondary N) is 1. The number of thiophene rings is 1. The molecule has 2 heterocycles. The topological polar surface area (TPSA) is 71.5 Å². The fourth-order valence-electron chi connectivity index (χ4n) is 1.55. The number of aromatic carboxylic acids is 1. The number of aromatic nitrogens is 1. The number of hydrogen-bond donors (Lipinski definition) is 2. The summed E-state index contributed by atoms with van der Waals surface area (Å²) in [6.45, 7) is 1.32. The lowest BCUT2D eigenvalue weighted by Gasteiger charge is -2.04. The first-order valence-corrected chi connectivity index (χ1v) is 6.52. The van der Waals surface area contributed by atoms with Crippen LogP contribution in [0.15, 0.2) is 30.5 Å². The summed E-state index contributed by atoms with van der Waals surface area (Å²) in [5.41, 5.74) is 1.05. The minimum atomic E-state index is -0.879. The highest BCUT2D eigenvalue weighted by atomic mass is 32.1. The van der Waals surface area contributed by atoms with Crippen molar-refractivity contribution in [1.29, 1.82) is 0 Å². The molecular weight excluding hydrogens is 264 g/mol. The molecule has 0 aliphatic heterocycles. The lowest BCUT2D eigenvalue weighted by molar-refractivity contribution is 0.0702. The molecule has 0 unspecified atom stereocenters. The van der Waals surface area contributed by atoms with Gasteiger partial charge in [0.25, 0.3) is 0 Å². The van der Waals surface area contributed by atoms with Crippen molar-refractivity contribution in [3.63, 3.8) is 0 Å². The second-order valence-electron chi connectivity index (χ2n) is 3.88. The summed E-state index contributed by atoms with van der Waals surface area (Å²) < 4.78 is 4.98. The van der Waals surface area contributed by atoms with Crippen LogP contribution in [0.4, 0.5) is 0 Å². The van der Waals surface area contributed by atoms with E-state index in [-0.39, 0.29) is 0 Å². The van der Waals surface area contributed by atoms with Gasteiger partial charge in [0.1, 0.15) is 4.88 Å². The molecule has 2 N–H and O–H groups in total. The Morgan fingerprint density at radius 2 is 2.21 bits per heavy atom. The zero-order valence-corrected chi connectivity index (χ0v) is 11.2. The maximum Gasteiger partial charge on any atom is 0.345 e. The van der Waals surface area contributed by atoms with Gasteiger partial charge in [-0.05, 0) is 17.7 Å². The van der Waals surface area contributed by atoms with Crippen molar-refractivity contribution < 1.29 is 14.6 Å². The third kappa shape index (κ3) is 3.77. The van der Waals surface area contributed by atoms with Crippen LogP contribution in [0.1, 0.15) is 20.1 Å². The van der Waals surface area contributed by atoms with Crippen LogP contribution in [-0.2, 0) is 13.1 Å². The molecule has 5 nitrogen and oxygen atoms in total. The van der Waals surface area contributed by atoms with Gasteiger partial charge in [-0.25, -0.2) is 9.78 Å². The van der Waals surface area contributed by atoms with E-state index in [1.165, 1.54) is 11.3 Å². The lowest BCUT2D eigenvalue weighted by atomic mass is 10.3. The summed E-state index contributed by atoms with van der Waals surface area (Å²) in [6, 6.07) is 7.20. The van der Waals surface area contributed by atoms with Gasteiger partial charge >= 0.3 is 5.97 Å². The number of nitrogens with zero attached hydrogens (tertiary/aromatic N) is 1. The average molecular weight is 278 g/mol. The maximum absolute atomic E-state index is 10.7. The number of ether oxygens (including phenoxy) is 1. The zero-order chi connectivity index (χ0) is 13.7. The predicted molar refractivity (Wildman–Crippen MR) is 72.6 cm³/mol. The van der Waals surface area contributed by atoms with Crippen molar-refractivity contribution in [3.8, 4) is 5.88 Å². The smallest absolute Gasteiger partial charge is 0.345 e. The molecule has 0 saturated heterocycles. The Hall–Kier alpha value is -1.92. The molecule has 0 bridgehead atoms. The highest BCUT2D eigenvalue weighted by Gasteiger charge is 2.06. The molecule has 19 heavy (non-hydrogen) atoms. The van der Waals surface area contributed by atoms with E-state index in [1.807, 2.05) is 18.2 Å². The van der Waals surface area contributed by atoms with Gasteiger partial charge in [0.05, 0.1) is 7.11 Å². The van der Waals surface area contributed by atoms with Gasteiger partial charge in [-0.3, -0.25) is 0 Å². The van der Waals surface area contributed by atoms with Gasteiger partial charge in [0, 0.05) is 30.2 Å². The molecule has 0 amide bonds. The molecule has 0 fully saturated rings. The van der Waals surface area contributed by atoms with E-state index < -0.39 is 5.97 Å². The van der Waals surface area contributed by atoms with E-state index in [0.717, 1.165) is 10.4 Å². The SMILES string of the molecule is COc1ccc(CNCc2ccc(C(=O)O)s2)cn1. The van der Waals surface area contributed by atoms with Crippen molar-refractivity contribution in [1.82, 2.24) is 10.3 Å². The van der Waals surface area contributed by atoms with Crippen LogP contribution in [0.3, 0.4) is 0 Å². The fraction of sp³-hybridized carbons (Fsp3) is 0.231. The van der Waals surface area contributed by atoms with Crippen molar-refractivity contribution in [2.75, 3.05) is 7.11 Å². The van der Waals surface area contributed by atoms with Crippen molar-refractivity contribution in [2.45, 2.75) is 13.1 Å². The Kier molecular flexibility index (Phi) is 4.48. The third-order valence-electron chi connectivity index (χ3n) is 2.51. The van der Waals surface area contributed by atoms with Crippen LogP contribution in [0.5, 0.6) is 5.88 Å². The van der Waals surface area contributed by atoms with E-state index >= 15 is 0 Å². The first kappa shape index (κ1) is 13.5. The molecule has 2 rings (SSSR count). The molecule has 2 aromatic heterocycles. The van der Waals surface area contributed by atoms with E-state index in [0.29, 0.717) is 23.8 Å². The van der Waals surface area contributed by atoms with Gasteiger partial charge in [-0.1, -0.05) is 6.07 Å². The van der Waals surface area contributed by atoms with Crippen LogP contribution in [0.25, 0.3) is 0 Å². The van der Waals surface area contributed by atoms with Crippen molar-refractivity contribution in [3.05, 3.63) is 45.8 Å². The molecule has 2 aromatic rings. The summed E-state index contributed by atoms with van der Waals surface area (Å²) in [4.78, 5) is 16.2. The van der Waals surface area contributed by atoms with Gasteiger partial charge < -0.3 is 15.2 Å². The molecule has 0 aromatic carbocycles. The fourth-order valence-corrected chi connectivity index (χ4v) is 2.37. The summed E-state index contributed by atoms with van der Waals surface area (Å²) in [5, 5.41) is 12.1. The minimum absolute atomic E-state index is 0.364. The van der Waals surface area contributed by atoms with Gasteiger partial charge in [0.2, 0.25) is 5.88 Å².